The summed E-state index contributed by atoms with van der Waals surface area (Å²) in [5, 5.41) is 3.37. The molecule has 0 atom stereocenters. The second-order valence-electron chi connectivity index (χ2n) is 4.59. The number of hydrogen-bond donors (Lipinski definition) is 1. The van der Waals surface area contributed by atoms with Crippen LogP contribution in [0.1, 0.15) is 11.3 Å². The first kappa shape index (κ1) is 14.3. The number of benzene rings is 1. The van der Waals surface area contributed by atoms with Crippen LogP contribution in [-0.4, -0.2) is 25.0 Å². The van der Waals surface area contributed by atoms with E-state index in [9.17, 15) is 0 Å². The van der Waals surface area contributed by atoms with Crippen LogP contribution in [0.4, 0.5) is 0 Å². The summed E-state index contributed by atoms with van der Waals surface area (Å²) in [5.74, 6) is 0.980. The SMILES string of the molecule is CN(CCNCc1ccco1)Cc1ccccc1Br. The third kappa shape index (κ3) is 4.82. The van der Waals surface area contributed by atoms with Crippen LogP contribution in [0.3, 0.4) is 0 Å². The van der Waals surface area contributed by atoms with Gasteiger partial charge >= 0.3 is 0 Å². The minimum absolute atomic E-state index is 0.788. The van der Waals surface area contributed by atoms with Crippen LogP contribution in [0, 0.1) is 0 Å². The smallest absolute Gasteiger partial charge is 0.117 e. The molecule has 0 unspecified atom stereocenters. The predicted molar refractivity (Wildman–Crippen MR) is 80.9 cm³/mol. The van der Waals surface area contributed by atoms with E-state index in [0.717, 1.165) is 31.9 Å². The third-order valence-corrected chi connectivity index (χ3v) is 3.72. The van der Waals surface area contributed by atoms with E-state index in [1.165, 1.54) is 10.0 Å². The number of nitrogens with one attached hydrogen (secondary N) is 1. The van der Waals surface area contributed by atoms with Gasteiger partial charge in [0.2, 0.25) is 0 Å². The molecule has 1 aromatic carbocycles. The highest BCUT2D eigenvalue weighted by Crippen LogP contribution is 2.16. The van der Waals surface area contributed by atoms with Gasteiger partial charge in [-0.05, 0) is 30.8 Å². The standard InChI is InChI=1S/C15H19BrN2O/c1-18(12-13-5-2-3-7-15(13)16)9-8-17-11-14-6-4-10-19-14/h2-7,10,17H,8-9,11-12H2,1H3. The highest BCUT2D eigenvalue weighted by Gasteiger charge is 2.03. The fourth-order valence-corrected chi connectivity index (χ4v) is 2.30. The van der Waals surface area contributed by atoms with E-state index in [4.69, 9.17) is 4.42 Å². The molecule has 4 heteroatoms. The summed E-state index contributed by atoms with van der Waals surface area (Å²) in [6.07, 6.45) is 1.70. The van der Waals surface area contributed by atoms with Crippen LogP contribution in [-0.2, 0) is 13.1 Å². The molecule has 0 saturated carbocycles. The van der Waals surface area contributed by atoms with E-state index in [1.54, 1.807) is 6.26 Å². The van der Waals surface area contributed by atoms with Gasteiger partial charge in [-0.25, -0.2) is 0 Å². The molecule has 0 bridgehead atoms. The molecule has 1 aromatic heterocycles. The van der Waals surface area contributed by atoms with Gasteiger partial charge in [0.15, 0.2) is 0 Å². The Labute approximate surface area is 122 Å². The molecule has 0 radical (unpaired) electrons. The normalized spacial score (nSPS) is 11.1. The molecule has 1 N–H and O–H groups in total. The second kappa shape index (κ2) is 7.48. The Morgan fingerprint density at radius 1 is 1.21 bits per heavy atom. The van der Waals surface area contributed by atoms with Crippen molar-refractivity contribution < 1.29 is 4.42 Å². The summed E-state index contributed by atoms with van der Waals surface area (Å²) < 4.78 is 6.44. The van der Waals surface area contributed by atoms with Crippen molar-refractivity contribution in [3.8, 4) is 0 Å². The lowest BCUT2D eigenvalue weighted by Crippen LogP contribution is -2.28. The Morgan fingerprint density at radius 3 is 2.79 bits per heavy atom. The van der Waals surface area contributed by atoms with Crippen LogP contribution in [0.25, 0.3) is 0 Å². The summed E-state index contributed by atoms with van der Waals surface area (Å²) in [6.45, 7) is 3.68. The van der Waals surface area contributed by atoms with E-state index < -0.39 is 0 Å². The predicted octanol–water partition coefficient (Wildman–Crippen LogP) is 3.26. The van der Waals surface area contributed by atoms with Crippen molar-refractivity contribution in [1.82, 2.24) is 10.2 Å². The van der Waals surface area contributed by atoms with Crippen molar-refractivity contribution in [2.24, 2.45) is 0 Å². The van der Waals surface area contributed by atoms with Gasteiger partial charge in [0.25, 0.3) is 0 Å². The van der Waals surface area contributed by atoms with Gasteiger partial charge in [0, 0.05) is 24.1 Å². The molecule has 102 valence electrons. The van der Waals surface area contributed by atoms with Crippen molar-refractivity contribution in [1.29, 1.82) is 0 Å². The van der Waals surface area contributed by atoms with E-state index in [0.29, 0.717) is 0 Å². The molecule has 0 amide bonds. The van der Waals surface area contributed by atoms with Crippen LogP contribution in [0.2, 0.25) is 0 Å². The van der Waals surface area contributed by atoms with Crippen LogP contribution < -0.4 is 5.32 Å². The number of halogens is 1. The Balaban J connectivity index is 1.67. The molecule has 19 heavy (non-hydrogen) atoms. The van der Waals surface area contributed by atoms with Crippen molar-refractivity contribution in [2.75, 3.05) is 20.1 Å². The van der Waals surface area contributed by atoms with Gasteiger partial charge in [-0.1, -0.05) is 34.1 Å². The quantitative estimate of drug-likeness (QED) is 0.793. The fraction of sp³-hybridized carbons (Fsp3) is 0.333. The molecule has 2 rings (SSSR count). The lowest BCUT2D eigenvalue weighted by Gasteiger charge is -2.17. The van der Waals surface area contributed by atoms with Crippen LogP contribution in [0.5, 0.6) is 0 Å². The zero-order valence-electron chi connectivity index (χ0n) is 11.1. The lowest BCUT2D eigenvalue weighted by atomic mass is 10.2. The Morgan fingerprint density at radius 2 is 2.05 bits per heavy atom. The molecule has 0 saturated heterocycles. The van der Waals surface area contributed by atoms with E-state index in [1.807, 2.05) is 18.2 Å². The third-order valence-electron chi connectivity index (χ3n) is 2.95. The van der Waals surface area contributed by atoms with Crippen LogP contribution in [0.15, 0.2) is 51.6 Å². The first-order valence-corrected chi connectivity index (χ1v) is 7.20. The topological polar surface area (TPSA) is 28.4 Å². The molecule has 0 aliphatic rings. The first-order chi connectivity index (χ1) is 9.25. The van der Waals surface area contributed by atoms with E-state index >= 15 is 0 Å². The van der Waals surface area contributed by atoms with Crippen molar-refractivity contribution in [2.45, 2.75) is 13.1 Å². The van der Waals surface area contributed by atoms with Gasteiger partial charge in [-0.3, -0.25) is 0 Å². The maximum atomic E-state index is 5.27. The largest absolute Gasteiger partial charge is 0.468 e. The summed E-state index contributed by atoms with van der Waals surface area (Å²) in [7, 11) is 2.13. The monoisotopic (exact) mass is 322 g/mol. The summed E-state index contributed by atoms with van der Waals surface area (Å²) >= 11 is 3.58. The van der Waals surface area contributed by atoms with Crippen molar-refractivity contribution in [3.63, 3.8) is 0 Å². The Kier molecular flexibility index (Phi) is 5.63. The molecule has 0 aliphatic heterocycles. The summed E-state index contributed by atoms with van der Waals surface area (Å²) in [6, 6.07) is 12.2. The maximum Gasteiger partial charge on any atom is 0.117 e. The molecule has 2 aromatic rings. The van der Waals surface area contributed by atoms with Gasteiger partial charge < -0.3 is 14.6 Å². The highest BCUT2D eigenvalue weighted by atomic mass is 79.9. The lowest BCUT2D eigenvalue weighted by molar-refractivity contribution is 0.321. The number of furan rings is 1. The fourth-order valence-electron chi connectivity index (χ4n) is 1.89. The maximum absolute atomic E-state index is 5.27. The summed E-state index contributed by atoms with van der Waals surface area (Å²) in [4.78, 5) is 2.30. The van der Waals surface area contributed by atoms with Crippen molar-refractivity contribution in [3.05, 3.63) is 58.5 Å². The second-order valence-corrected chi connectivity index (χ2v) is 5.44. The average molecular weight is 323 g/mol. The summed E-state index contributed by atoms with van der Waals surface area (Å²) in [5.41, 5.74) is 1.32. The van der Waals surface area contributed by atoms with Gasteiger partial charge in [-0.15, -0.1) is 0 Å². The zero-order valence-corrected chi connectivity index (χ0v) is 12.7. The zero-order chi connectivity index (χ0) is 13.5. The molecule has 3 nitrogen and oxygen atoms in total. The molecular formula is C15H19BrN2O. The Hall–Kier alpha value is -1.10. The average Bonchev–Trinajstić information content (AvgIpc) is 2.91. The molecule has 0 aliphatic carbocycles. The Bertz CT molecular complexity index is 485. The first-order valence-electron chi connectivity index (χ1n) is 6.41. The van der Waals surface area contributed by atoms with E-state index in [-0.39, 0.29) is 0 Å². The van der Waals surface area contributed by atoms with Gasteiger partial charge in [-0.2, -0.15) is 0 Å². The van der Waals surface area contributed by atoms with Gasteiger partial charge in [0.05, 0.1) is 12.8 Å². The van der Waals surface area contributed by atoms with E-state index in [2.05, 4.69) is 51.4 Å². The number of hydrogen-bond acceptors (Lipinski definition) is 3. The minimum Gasteiger partial charge on any atom is -0.468 e. The molecule has 0 fully saturated rings. The molecule has 0 spiro atoms. The van der Waals surface area contributed by atoms with Crippen molar-refractivity contribution >= 4 is 15.9 Å². The molecular weight excluding hydrogens is 304 g/mol. The van der Waals surface area contributed by atoms with Gasteiger partial charge in [0.1, 0.15) is 5.76 Å². The van der Waals surface area contributed by atoms with Crippen LogP contribution >= 0.6 is 15.9 Å². The number of rotatable bonds is 7. The number of likely N-dealkylation sites (N-methyl/N-ethyl adjacent to an activating group) is 1. The number of nitrogens with zero attached hydrogens (tertiary/aromatic N) is 1. The molecule has 1 heterocycles. The minimum atomic E-state index is 0.788. The highest BCUT2D eigenvalue weighted by molar-refractivity contribution is 9.10.